The molecule has 2 N–H and O–H groups in total. The first kappa shape index (κ1) is 21.4. The molecule has 1 amide bonds. The van der Waals surface area contributed by atoms with E-state index in [1.807, 2.05) is 0 Å². The van der Waals surface area contributed by atoms with Gasteiger partial charge in [-0.1, -0.05) is 19.9 Å². The fraction of sp³-hybridized carbons (Fsp3) is 0.533. The number of rotatable bonds is 6. The Bertz CT molecular complexity index is 1100. The number of benzene rings is 1. The van der Waals surface area contributed by atoms with Crippen LogP contribution in [0.15, 0.2) is 23.1 Å². The first-order chi connectivity index (χ1) is 13.0. The Hall–Kier alpha value is -1.34. The number of alkyl halides is 1. The Morgan fingerprint density at radius 3 is 2.61 bits per heavy atom. The van der Waals surface area contributed by atoms with Gasteiger partial charge in [0.15, 0.2) is 9.84 Å². The Morgan fingerprint density at radius 2 is 2.00 bits per heavy atom. The molecule has 0 radical (unpaired) electrons. The number of carbonyl (C=O) groups is 1. The van der Waals surface area contributed by atoms with Gasteiger partial charge < -0.3 is 5.32 Å². The van der Waals surface area contributed by atoms with Crippen LogP contribution in [0.3, 0.4) is 0 Å². The Balaban J connectivity index is 1.83. The zero-order chi connectivity index (χ0) is 20.7. The van der Waals surface area contributed by atoms with E-state index < -0.39 is 49.1 Å². The Morgan fingerprint density at radius 1 is 1.29 bits per heavy atom. The van der Waals surface area contributed by atoms with E-state index in [-0.39, 0.29) is 21.9 Å². The van der Waals surface area contributed by atoms with Crippen LogP contribution >= 0.6 is 23.3 Å². The predicted octanol–water partition coefficient (Wildman–Crippen LogP) is 0.515. The van der Waals surface area contributed by atoms with Gasteiger partial charge in [-0.25, -0.2) is 16.8 Å². The molecular weight excluding hydrogens is 448 g/mol. The number of carbonyl (C=O) groups excluding carboxylic acids is 1. The molecule has 9 nitrogen and oxygen atoms in total. The molecule has 3 unspecified atom stereocenters. The number of hydrogen-bond donors (Lipinski definition) is 2. The van der Waals surface area contributed by atoms with Gasteiger partial charge in [0.2, 0.25) is 15.9 Å². The predicted molar refractivity (Wildman–Crippen MR) is 107 cm³/mol. The van der Waals surface area contributed by atoms with Crippen molar-refractivity contribution in [3.63, 3.8) is 0 Å². The van der Waals surface area contributed by atoms with Crippen LogP contribution in [-0.4, -0.2) is 60.5 Å². The van der Waals surface area contributed by atoms with Crippen molar-refractivity contribution in [3.8, 4) is 0 Å². The molecule has 28 heavy (non-hydrogen) atoms. The van der Waals surface area contributed by atoms with E-state index in [2.05, 4.69) is 18.8 Å². The van der Waals surface area contributed by atoms with Crippen molar-refractivity contribution >= 4 is 60.1 Å². The Kier molecular flexibility index (Phi) is 5.97. The van der Waals surface area contributed by atoms with Crippen LogP contribution in [0.1, 0.15) is 13.8 Å². The third-order valence-electron chi connectivity index (χ3n) is 4.38. The van der Waals surface area contributed by atoms with E-state index in [1.54, 1.807) is 26.0 Å². The van der Waals surface area contributed by atoms with E-state index in [0.29, 0.717) is 5.52 Å². The van der Waals surface area contributed by atoms with Crippen LogP contribution in [0.4, 0.5) is 0 Å². The van der Waals surface area contributed by atoms with Crippen LogP contribution in [-0.2, 0) is 24.7 Å². The molecule has 2 heterocycles. The van der Waals surface area contributed by atoms with Gasteiger partial charge in [0, 0.05) is 0 Å². The zero-order valence-corrected chi connectivity index (χ0v) is 18.2. The maximum atomic E-state index is 12.9. The van der Waals surface area contributed by atoms with Crippen LogP contribution in [0.2, 0.25) is 0 Å². The fourth-order valence-electron chi connectivity index (χ4n) is 2.93. The number of hydrogen-bond acceptors (Lipinski definition) is 8. The van der Waals surface area contributed by atoms with Gasteiger partial charge in [-0.15, -0.1) is 11.6 Å². The fourth-order valence-corrected chi connectivity index (χ4v) is 7.59. The molecule has 13 heteroatoms. The molecule has 3 rings (SSSR count). The van der Waals surface area contributed by atoms with Crippen LogP contribution < -0.4 is 10.0 Å². The third-order valence-corrected chi connectivity index (χ3v) is 8.77. The molecule has 2 aromatic rings. The smallest absolute Gasteiger partial charge is 0.243 e. The lowest BCUT2D eigenvalue weighted by Gasteiger charge is -2.24. The highest BCUT2D eigenvalue weighted by molar-refractivity contribution is 7.91. The summed E-state index contributed by atoms with van der Waals surface area (Å²) in [5, 5.41) is 1.81. The van der Waals surface area contributed by atoms with E-state index in [9.17, 15) is 21.6 Å². The van der Waals surface area contributed by atoms with Crippen molar-refractivity contribution in [2.75, 3.05) is 11.5 Å². The molecule has 1 saturated heterocycles. The summed E-state index contributed by atoms with van der Waals surface area (Å²) in [7, 11) is -7.41. The van der Waals surface area contributed by atoms with Crippen LogP contribution in [0.5, 0.6) is 0 Å². The SMILES string of the molecule is CC(C)C(NS(=O)(=O)c1cccc2nsnc12)C(=O)NC1CS(=O)(=O)CC1Cl. The van der Waals surface area contributed by atoms with Gasteiger partial charge in [-0.3, -0.25) is 4.79 Å². The normalized spacial score (nSPS) is 23.1. The van der Waals surface area contributed by atoms with Gasteiger partial charge in [0.1, 0.15) is 22.0 Å². The summed E-state index contributed by atoms with van der Waals surface area (Å²) in [6.45, 7) is 3.36. The molecule has 1 aromatic heterocycles. The molecular formula is C15H19ClN4O5S3. The standard InChI is InChI=1S/C15H19ClN4O5S3/c1-8(2)13(15(21)17-11-7-27(22,23)6-9(11)16)20-28(24,25)12-5-3-4-10-14(12)19-26-18-10/h3-5,8-9,11,13,20H,6-7H2,1-2H3,(H,17,21). The third kappa shape index (κ3) is 4.46. The molecule has 0 saturated carbocycles. The summed E-state index contributed by atoms with van der Waals surface area (Å²) in [4.78, 5) is 12.6. The number of aromatic nitrogens is 2. The lowest BCUT2D eigenvalue weighted by Crippen LogP contribution is -2.53. The second kappa shape index (κ2) is 7.82. The van der Waals surface area contributed by atoms with Crippen molar-refractivity contribution in [2.45, 2.75) is 36.2 Å². The first-order valence-corrected chi connectivity index (χ1v) is 12.9. The van der Waals surface area contributed by atoms with Crippen molar-refractivity contribution in [3.05, 3.63) is 18.2 Å². The molecule has 1 fully saturated rings. The van der Waals surface area contributed by atoms with E-state index in [1.165, 1.54) is 6.07 Å². The highest BCUT2D eigenvalue weighted by Crippen LogP contribution is 2.22. The summed E-state index contributed by atoms with van der Waals surface area (Å²) in [5.74, 6) is -1.52. The number of halogens is 1. The van der Waals surface area contributed by atoms with Crippen molar-refractivity contribution in [2.24, 2.45) is 5.92 Å². The quantitative estimate of drug-likeness (QED) is 0.592. The molecule has 3 atom stereocenters. The highest BCUT2D eigenvalue weighted by Gasteiger charge is 2.39. The molecule has 1 aliphatic heterocycles. The average molecular weight is 467 g/mol. The molecule has 1 aromatic carbocycles. The van der Waals surface area contributed by atoms with Gasteiger partial charge >= 0.3 is 0 Å². The summed E-state index contributed by atoms with van der Waals surface area (Å²) in [6.07, 6.45) is 0. The first-order valence-electron chi connectivity index (χ1n) is 8.38. The van der Waals surface area contributed by atoms with Crippen LogP contribution in [0.25, 0.3) is 11.0 Å². The number of nitrogens with zero attached hydrogens (tertiary/aromatic N) is 2. The summed E-state index contributed by atoms with van der Waals surface area (Å²) < 4.78 is 59.6. The minimum atomic E-state index is -4.07. The number of amides is 1. The van der Waals surface area contributed by atoms with Crippen LogP contribution in [0, 0.1) is 5.92 Å². The van der Waals surface area contributed by atoms with Crippen molar-refractivity contribution in [1.29, 1.82) is 0 Å². The zero-order valence-electron chi connectivity index (χ0n) is 15.0. The van der Waals surface area contributed by atoms with Gasteiger partial charge in [-0.2, -0.15) is 13.5 Å². The number of sulfonamides is 1. The van der Waals surface area contributed by atoms with Gasteiger partial charge in [-0.05, 0) is 18.1 Å². The van der Waals surface area contributed by atoms with E-state index >= 15 is 0 Å². The second-order valence-electron chi connectivity index (χ2n) is 6.94. The lowest BCUT2D eigenvalue weighted by molar-refractivity contribution is -0.124. The minimum absolute atomic E-state index is 0.0733. The lowest BCUT2D eigenvalue weighted by atomic mass is 10.0. The number of fused-ring (bicyclic) bond motifs is 1. The number of sulfone groups is 1. The summed E-state index contributed by atoms with van der Waals surface area (Å²) in [5.41, 5.74) is 0.671. The van der Waals surface area contributed by atoms with Crippen molar-refractivity contribution in [1.82, 2.24) is 18.8 Å². The summed E-state index contributed by atoms with van der Waals surface area (Å²) in [6, 6.07) is 2.70. The minimum Gasteiger partial charge on any atom is -0.349 e. The molecule has 0 spiro atoms. The van der Waals surface area contributed by atoms with Gasteiger partial charge in [0.05, 0.1) is 34.7 Å². The molecule has 1 aliphatic rings. The average Bonchev–Trinajstić information content (AvgIpc) is 3.15. The topological polar surface area (TPSA) is 135 Å². The maximum absolute atomic E-state index is 12.9. The molecule has 0 bridgehead atoms. The summed E-state index contributed by atoms with van der Waals surface area (Å²) >= 11 is 6.92. The van der Waals surface area contributed by atoms with E-state index in [4.69, 9.17) is 11.6 Å². The highest BCUT2D eigenvalue weighted by atomic mass is 35.5. The van der Waals surface area contributed by atoms with Gasteiger partial charge in [0.25, 0.3) is 0 Å². The molecule has 0 aliphatic carbocycles. The monoisotopic (exact) mass is 466 g/mol. The second-order valence-corrected chi connectivity index (χ2v) is 11.9. The van der Waals surface area contributed by atoms with E-state index in [0.717, 1.165) is 11.7 Å². The maximum Gasteiger partial charge on any atom is 0.243 e. The molecule has 154 valence electrons. The Labute approximate surface area is 172 Å². The number of nitrogens with one attached hydrogen (secondary N) is 2. The largest absolute Gasteiger partial charge is 0.349 e. The van der Waals surface area contributed by atoms with Crippen molar-refractivity contribution < 1.29 is 21.6 Å².